The lowest BCUT2D eigenvalue weighted by Crippen LogP contribution is -1.81. The second-order valence-corrected chi connectivity index (χ2v) is 2.99. The standard InChI is InChI=1S/C11H8ClNO/c12-11-7-9(8-13)4-5-10(11)3-1-2-6-14/h4-5,7,14H,2,6H2. The molecule has 1 N–H and O–H groups in total. The zero-order valence-electron chi connectivity index (χ0n) is 7.42. The molecular weight excluding hydrogens is 198 g/mol. The molecule has 1 aromatic carbocycles. The van der Waals surface area contributed by atoms with Crippen LogP contribution in [0.2, 0.25) is 5.02 Å². The van der Waals surface area contributed by atoms with Gasteiger partial charge in [-0.05, 0) is 18.2 Å². The highest BCUT2D eigenvalue weighted by Crippen LogP contribution is 2.16. The van der Waals surface area contributed by atoms with Gasteiger partial charge in [0.15, 0.2) is 0 Å². The summed E-state index contributed by atoms with van der Waals surface area (Å²) >= 11 is 5.87. The lowest BCUT2D eigenvalue weighted by molar-refractivity contribution is 0.305. The van der Waals surface area contributed by atoms with Crippen LogP contribution in [0.25, 0.3) is 0 Å². The van der Waals surface area contributed by atoms with E-state index in [9.17, 15) is 0 Å². The highest BCUT2D eigenvalue weighted by Gasteiger charge is 1.97. The molecule has 0 saturated heterocycles. The van der Waals surface area contributed by atoms with Gasteiger partial charge in [-0.2, -0.15) is 5.26 Å². The first-order valence-corrected chi connectivity index (χ1v) is 4.45. The van der Waals surface area contributed by atoms with Gasteiger partial charge in [0, 0.05) is 12.0 Å². The molecule has 0 amide bonds. The number of nitriles is 1. The second kappa shape index (κ2) is 5.29. The van der Waals surface area contributed by atoms with Crippen LogP contribution in [0.4, 0.5) is 0 Å². The molecule has 0 aliphatic rings. The number of aliphatic hydroxyl groups is 1. The first kappa shape index (κ1) is 10.6. The fourth-order valence-corrected chi connectivity index (χ4v) is 1.13. The first-order valence-electron chi connectivity index (χ1n) is 4.07. The van der Waals surface area contributed by atoms with Gasteiger partial charge < -0.3 is 5.11 Å². The molecule has 0 unspecified atom stereocenters. The molecule has 3 heteroatoms. The summed E-state index contributed by atoms with van der Waals surface area (Å²) in [4.78, 5) is 0. The largest absolute Gasteiger partial charge is 0.395 e. The quantitative estimate of drug-likeness (QED) is 0.713. The topological polar surface area (TPSA) is 44.0 Å². The van der Waals surface area contributed by atoms with Crippen molar-refractivity contribution in [3.63, 3.8) is 0 Å². The third-order valence-corrected chi connectivity index (χ3v) is 1.87. The van der Waals surface area contributed by atoms with E-state index in [1.165, 1.54) is 0 Å². The molecule has 0 heterocycles. The van der Waals surface area contributed by atoms with Gasteiger partial charge >= 0.3 is 0 Å². The molecule has 0 atom stereocenters. The highest BCUT2D eigenvalue weighted by molar-refractivity contribution is 6.31. The summed E-state index contributed by atoms with van der Waals surface area (Å²) in [5.74, 6) is 5.58. The Morgan fingerprint density at radius 1 is 1.43 bits per heavy atom. The van der Waals surface area contributed by atoms with Crippen molar-refractivity contribution in [3.05, 3.63) is 34.3 Å². The lowest BCUT2D eigenvalue weighted by Gasteiger charge is -1.95. The summed E-state index contributed by atoms with van der Waals surface area (Å²) in [7, 11) is 0. The van der Waals surface area contributed by atoms with E-state index in [0.29, 0.717) is 22.6 Å². The Labute approximate surface area is 87.7 Å². The monoisotopic (exact) mass is 205 g/mol. The zero-order valence-corrected chi connectivity index (χ0v) is 8.17. The number of aliphatic hydroxyl groups excluding tert-OH is 1. The molecule has 70 valence electrons. The molecule has 0 spiro atoms. The van der Waals surface area contributed by atoms with Gasteiger partial charge in [-0.15, -0.1) is 0 Å². The van der Waals surface area contributed by atoms with Gasteiger partial charge in [0.1, 0.15) is 0 Å². The van der Waals surface area contributed by atoms with E-state index in [0.717, 1.165) is 0 Å². The van der Waals surface area contributed by atoms with Crippen molar-refractivity contribution in [2.75, 3.05) is 6.61 Å². The van der Waals surface area contributed by atoms with Crippen molar-refractivity contribution in [2.45, 2.75) is 6.42 Å². The fraction of sp³-hybridized carbons (Fsp3) is 0.182. The van der Waals surface area contributed by atoms with Crippen LogP contribution in [0.1, 0.15) is 17.5 Å². The number of nitrogens with zero attached hydrogens (tertiary/aromatic N) is 1. The number of rotatable bonds is 1. The van der Waals surface area contributed by atoms with E-state index in [1.54, 1.807) is 18.2 Å². The van der Waals surface area contributed by atoms with Gasteiger partial charge in [-0.3, -0.25) is 0 Å². The predicted octanol–water partition coefficient (Wildman–Crippen LogP) is 1.95. The van der Waals surface area contributed by atoms with Crippen LogP contribution in [-0.2, 0) is 0 Å². The Kier molecular flexibility index (Phi) is 4.01. The summed E-state index contributed by atoms with van der Waals surface area (Å²) in [6, 6.07) is 6.92. The summed E-state index contributed by atoms with van der Waals surface area (Å²) < 4.78 is 0. The van der Waals surface area contributed by atoms with Crippen molar-refractivity contribution >= 4 is 11.6 Å². The van der Waals surface area contributed by atoms with Crippen molar-refractivity contribution in [2.24, 2.45) is 0 Å². The van der Waals surface area contributed by atoms with Crippen LogP contribution >= 0.6 is 11.6 Å². The molecule has 2 nitrogen and oxygen atoms in total. The fourth-order valence-electron chi connectivity index (χ4n) is 0.900. The number of hydrogen-bond donors (Lipinski definition) is 1. The molecular formula is C11H8ClNO. The van der Waals surface area contributed by atoms with E-state index in [1.807, 2.05) is 6.07 Å². The summed E-state index contributed by atoms with van der Waals surface area (Å²) in [6.07, 6.45) is 0.427. The van der Waals surface area contributed by atoms with E-state index < -0.39 is 0 Å². The number of hydrogen-bond acceptors (Lipinski definition) is 2. The molecule has 1 rings (SSSR count). The zero-order chi connectivity index (χ0) is 10.4. The summed E-state index contributed by atoms with van der Waals surface area (Å²) in [5.41, 5.74) is 1.20. The highest BCUT2D eigenvalue weighted by atomic mass is 35.5. The van der Waals surface area contributed by atoms with Crippen molar-refractivity contribution in [1.82, 2.24) is 0 Å². The van der Waals surface area contributed by atoms with E-state index in [4.69, 9.17) is 22.0 Å². The smallest absolute Gasteiger partial charge is 0.0992 e. The summed E-state index contributed by atoms with van der Waals surface area (Å²) in [6.45, 7) is 0.0426. The number of halogens is 1. The maximum absolute atomic E-state index is 8.59. The minimum atomic E-state index is 0.0426. The average Bonchev–Trinajstić information content (AvgIpc) is 2.20. The normalized spacial score (nSPS) is 8.64. The van der Waals surface area contributed by atoms with Gasteiger partial charge in [0.25, 0.3) is 0 Å². The minimum absolute atomic E-state index is 0.0426. The third kappa shape index (κ3) is 2.78. The van der Waals surface area contributed by atoms with Crippen LogP contribution < -0.4 is 0 Å². The molecule has 1 aromatic rings. The number of benzene rings is 1. The molecule has 0 bridgehead atoms. The van der Waals surface area contributed by atoms with Gasteiger partial charge in [-0.1, -0.05) is 23.4 Å². The Morgan fingerprint density at radius 2 is 2.21 bits per heavy atom. The van der Waals surface area contributed by atoms with Crippen LogP contribution in [0.15, 0.2) is 18.2 Å². The predicted molar refractivity (Wildman–Crippen MR) is 54.7 cm³/mol. The summed E-state index contributed by atoms with van der Waals surface area (Å²) in [5, 5.41) is 17.6. The molecule has 0 radical (unpaired) electrons. The molecule has 0 saturated carbocycles. The van der Waals surface area contributed by atoms with Crippen molar-refractivity contribution in [3.8, 4) is 17.9 Å². The lowest BCUT2D eigenvalue weighted by atomic mass is 10.1. The third-order valence-electron chi connectivity index (χ3n) is 1.56. The maximum Gasteiger partial charge on any atom is 0.0992 e. The second-order valence-electron chi connectivity index (χ2n) is 2.58. The maximum atomic E-state index is 8.59. The van der Waals surface area contributed by atoms with E-state index in [-0.39, 0.29) is 6.61 Å². The van der Waals surface area contributed by atoms with Crippen molar-refractivity contribution in [1.29, 1.82) is 5.26 Å². The molecule has 0 aliphatic heterocycles. The Balaban J connectivity index is 2.92. The average molecular weight is 206 g/mol. The molecule has 0 aromatic heterocycles. The Morgan fingerprint density at radius 3 is 2.79 bits per heavy atom. The van der Waals surface area contributed by atoms with E-state index >= 15 is 0 Å². The van der Waals surface area contributed by atoms with E-state index in [2.05, 4.69) is 11.8 Å². The molecule has 14 heavy (non-hydrogen) atoms. The SMILES string of the molecule is N#Cc1ccc(C#CCCO)c(Cl)c1. The molecule has 0 fully saturated rings. The van der Waals surface area contributed by atoms with Crippen LogP contribution in [0.3, 0.4) is 0 Å². The van der Waals surface area contributed by atoms with Gasteiger partial charge in [0.2, 0.25) is 0 Å². The van der Waals surface area contributed by atoms with Crippen LogP contribution in [0.5, 0.6) is 0 Å². The molecule has 0 aliphatic carbocycles. The van der Waals surface area contributed by atoms with Crippen LogP contribution in [-0.4, -0.2) is 11.7 Å². The Bertz CT molecular complexity index is 423. The minimum Gasteiger partial charge on any atom is -0.395 e. The van der Waals surface area contributed by atoms with Gasteiger partial charge in [-0.25, -0.2) is 0 Å². The van der Waals surface area contributed by atoms with Gasteiger partial charge in [0.05, 0.1) is 23.3 Å². The Hall–Kier alpha value is -1.48. The first-order chi connectivity index (χ1) is 6.77. The van der Waals surface area contributed by atoms with Crippen molar-refractivity contribution < 1.29 is 5.11 Å². The van der Waals surface area contributed by atoms with Crippen LogP contribution in [0, 0.1) is 23.2 Å².